The van der Waals surface area contributed by atoms with Crippen LogP contribution >= 0.6 is 12.4 Å². The molecule has 3 heteroatoms. The second kappa shape index (κ2) is 9.05. The summed E-state index contributed by atoms with van der Waals surface area (Å²) in [7, 11) is 0. The highest BCUT2D eigenvalue weighted by Gasteiger charge is 2.38. The summed E-state index contributed by atoms with van der Waals surface area (Å²) in [5.74, 6) is 0.438. The van der Waals surface area contributed by atoms with Crippen LogP contribution in [0.5, 0.6) is 0 Å². The van der Waals surface area contributed by atoms with Gasteiger partial charge in [0.1, 0.15) is 0 Å². The smallest absolute Gasteiger partial charge is 0.0936 e. The van der Waals surface area contributed by atoms with Crippen LogP contribution in [-0.4, -0.2) is 29.6 Å². The summed E-state index contributed by atoms with van der Waals surface area (Å²) in [5, 5.41) is 11.6. The van der Waals surface area contributed by atoms with Crippen molar-refractivity contribution in [2.75, 3.05) is 19.6 Å². The molecule has 2 nitrogen and oxygen atoms in total. The number of aliphatic hydroxyl groups is 1. The summed E-state index contributed by atoms with van der Waals surface area (Å²) in [6.45, 7) is 3.48. The van der Waals surface area contributed by atoms with Gasteiger partial charge in [-0.15, -0.1) is 12.4 Å². The minimum atomic E-state index is -0.626. The first-order valence-electron chi connectivity index (χ1n) is 9.29. The summed E-state index contributed by atoms with van der Waals surface area (Å²) in [4.78, 5) is 2.56. The van der Waals surface area contributed by atoms with Crippen LogP contribution < -0.4 is 0 Å². The van der Waals surface area contributed by atoms with Crippen LogP contribution in [-0.2, 0) is 5.60 Å². The molecule has 1 aliphatic carbocycles. The molecule has 0 amide bonds. The first-order chi connectivity index (χ1) is 10.8. The van der Waals surface area contributed by atoms with Crippen molar-refractivity contribution in [3.63, 3.8) is 0 Å². The highest BCUT2D eigenvalue weighted by atomic mass is 35.5. The number of piperidine rings is 1. The highest BCUT2D eigenvalue weighted by Crippen LogP contribution is 2.41. The number of rotatable bonds is 5. The molecule has 0 spiro atoms. The number of hydrogen-bond acceptors (Lipinski definition) is 2. The van der Waals surface area contributed by atoms with Crippen molar-refractivity contribution in [1.29, 1.82) is 0 Å². The second-order valence-corrected chi connectivity index (χ2v) is 7.28. The van der Waals surface area contributed by atoms with Crippen molar-refractivity contribution in [3.8, 4) is 0 Å². The molecule has 1 aliphatic heterocycles. The van der Waals surface area contributed by atoms with Gasteiger partial charge in [-0.1, -0.05) is 56.0 Å². The lowest BCUT2D eigenvalue weighted by Crippen LogP contribution is -2.41. The quantitative estimate of drug-likeness (QED) is 0.837. The van der Waals surface area contributed by atoms with Crippen molar-refractivity contribution in [3.05, 3.63) is 35.9 Å². The van der Waals surface area contributed by atoms with E-state index in [9.17, 15) is 5.11 Å². The molecule has 0 radical (unpaired) electrons. The van der Waals surface area contributed by atoms with Crippen molar-refractivity contribution in [2.45, 2.75) is 63.4 Å². The minimum Gasteiger partial charge on any atom is -0.385 e. The average molecular weight is 338 g/mol. The normalized spacial score (nSPS) is 23.0. The molecule has 1 aromatic rings. The van der Waals surface area contributed by atoms with Gasteiger partial charge in [0.15, 0.2) is 0 Å². The van der Waals surface area contributed by atoms with Crippen LogP contribution in [0.15, 0.2) is 30.3 Å². The molecule has 2 aliphatic rings. The van der Waals surface area contributed by atoms with E-state index in [1.165, 1.54) is 64.5 Å². The summed E-state index contributed by atoms with van der Waals surface area (Å²) >= 11 is 0. The van der Waals surface area contributed by atoms with E-state index in [2.05, 4.69) is 35.2 Å². The third-order valence-corrected chi connectivity index (χ3v) is 5.81. The largest absolute Gasteiger partial charge is 0.385 e. The maximum absolute atomic E-state index is 11.6. The van der Waals surface area contributed by atoms with Crippen LogP contribution in [0.1, 0.15) is 63.4 Å². The summed E-state index contributed by atoms with van der Waals surface area (Å²) in [6, 6.07) is 10.5. The summed E-state index contributed by atoms with van der Waals surface area (Å²) in [5.41, 5.74) is 0.512. The monoisotopic (exact) mass is 337 g/mol. The van der Waals surface area contributed by atoms with Crippen LogP contribution in [0.4, 0.5) is 0 Å². The topological polar surface area (TPSA) is 23.5 Å². The Morgan fingerprint density at radius 3 is 2.17 bits per heavy atom. The second-order valence-electron chi connectivity index (χ2n) is 7.28. The molecule has 0 unspecified atom stereocenters. The number of halogens is 1. The highest BCUT2D eigenvalue weighted by molar-refractivity contribution is 5.85. The third-order valence-electron chi connectivity index (χ3n) is 5.81. The Bertz CT molecular complexity index is 440. The standard InChI is InChI=1S/C20H31NO.ClH/c22-20(18-10-4-1-5-11-18,19-12-6-2-7-13-19)14-17-21-15-8-3-9-16-21;/h1,4-5,10-11,19,22H,2-3,6-9,12-17H2;1H/t20-;/m1./s1. The predicted octanol–water partition coefficient (Wildman–Crippen LogP) is 4.75. The molecular formula is C20H32ClNO. The SMILES string of the molecule is Cl.O[C@](CCN1CCCCC1)(c1ccccc1)C1CCCCC1. The zero-order chi connectivity index (χ0) is 15.3. The number of likely N-dealkylation sites (tertiary alicyclic amines) is 1. The molecule has 0 aromatic heterocycles. The van der Waals surface area contributed by atoms with Gasteiger partial charge in [-0.2, -0.15) is 0 Å². The molecule has 1 heterocycles. The Labute approximate surface area is 147 Å². The van der Waals surface area contributed by atoms with E-state index in [0.717, 1.165) is 18.5 Å². The molecule has 1 N–H and O–H groups in total. The van der Waals surface area contributed by atoms with Crippen molar-refractivity contribution in [2.24, 2.45) is 5.92 Å². The molecule has 1 saturated heterocycles. The fourth-order valence-corrected chi connectivity index (χ4v) is 4.40. The minimum absolute atomic E-state index is 0. The van der Waals surface area contributed by atoms with Gasteiger partial charge < -0.3 is 10.0 Å². The van der Waals surface area contributed by atoms with Gasteiger partial charge in [-0.05, 0) is 56.7 Å². The first-order valence-corrected chi connectivity index (χ1v) is 9.29. The zero-order valence-corrected chi connectivity index (χ0v) is 15.1. The molecule has 23 heavy (non-hydrogen) atoms. The Morgan fingerprint density at radius 1 is 0.913 bits per heavy atom. The van der Waals surface area contributed by atoms with E-state index in [1.54, 1.807) is 0 Å². The fraction of sp³-hybridized carbons (Fsp3) is 0.700. The van der Waals surface area contributed by atoms with E-state index in [1.807, 2.05) is 0 Å². The number of nitrogens with zero attached hydrogens (tertiary/aromatic N) is 1. The Kier molecular flexibility index (Phi) is 7.39. The average Bonchev–Trinajstić information content (AvgIpc) is 2.62. The van der Waals surface area contributed by atoms with Gasteiger partial charge in [0.05, 0.1) is 5.60 Å². The van der Waals surface area contributed by atoms with E-state index in [4.69, 9.17) is 0 Å². The van der Waals surface area contributed by atoms with Gasteiger partial charge in [0.25, 0.3) is 0 Å². The Balaban J connectivity index is 0.00000192. The predicted molar refractivity (Wildman–Crippen MR) is 99.1 cm³/mol. The molecule has 2 fully saturated rings. The van der Waals surface area contributed by atoms with Gasteiger partial charge in [0, 0.05) is 6.54 Å². The number of hydrogen-bond donors (Lipinski definition) is 1. The van der Waals surface area contributed by atoms with Crippen molar-refractivity contribution >= 4 is 12.4 Å². The number of benzene rings is 1. The maximum atomic E-state index is 11.6. The lowest BCUT2D eigenvalue weighted by Gasteiger charge is -2.40. The van der Waals surface area contributed by atoms with E-state index in [-0.39, 0.29) is 12.4 Å². The lowest BCUT2D eigenvalue weighted by atomic mass is 9.71. The molecule has 1 aromatic carbocycles. The van der Waals surface area contributed by atoms with Crippen LogP contribution in [0.25, 0.3) is 0 Å². The van der Waals surface area contributed by atoms with E-state index in [0.29, 0.717) is 5.92 Å². The first kappa shape index (κ1) is 18.8. The van der Waals surface area contributed by atoms with Gasteiger partial charge in [-0.3, -0.25) is 0 Å². The van der Waals surface area contributed by atoms with Gasteiger partial charge >= 0.3 is 0 Å². The molecule has 3 rings (SSSR count). The summed E-state index contributed by atoms with van der Waals surface area (Å²) in [6.07, 6.45) is 11.2. The lowest BCUT2D eigenvalue weighted by molar-refractivity contribution is -0.0528. The van der Waals surface area contributed by atoms with Crippen LogP contribution in [0.2, 0.25) is 0 Å². The van der Waals surface area contributed by atoms with E-state index < -0.39 is 5.60 Å². The maximum Gasteiger partial charge on any atom is 0.0936 e. The molecular weight excluding hydrogens is 306 g/mol. The zero-order valence-electron chi connectivity index (χ0n) is 14.3. The van der Waals surface area contributed by atoms with Gasteiger partial charge in [-0.25, -0.2) is 0 Å². The Morgan fingerprint density at radius 2 is 1.52 bits per heavy atom. The van der Waals surface area contributed by atoms with Crippen LogP contribution in [0.3, 0.4) is 0 Å². The molecule has 1 atom stereocenters. The Hall–Kier alpha value is -0.570. The summed E-state index contributed by atoms with van der Waals surface area (Å²) < 4.78 is 0. The molecule has 0 bridgehead atoms. The molecule has 1 saturated carbocycles. The third kappa shape index (κ3) is 4.71. The van der Waals surface area contributed by atoms with E-state index >= 15 is 0 Å². The fourth-order valence-electron chi connectivity index (χ4n) is 4.40. The van der Waals surface area contributed by atoms with Crippen molar-refractivity contribution < 1.29 is 5.11 Å². The van der Waals surface area contributed by atoms with Gasteiger partial charge in [0.2, 0.25) is 0 Å². The van der Waals surface area contributed by atoms with Crippen LogP contribution in [0, 0.1) is 5.92 Å². The molecule has 130 valence electrons. The van der Waals surface area contributed by atoms with Crippen molar-refractivity contribution in [1.82, 2.24) is 4.90 Å².